The van der Waals surface area contributed by atoms with Gasteiger partial charge in [-0.1, -0.05) is 46.5 Å². The molecule has 7 heteroatoms. The Labute approximate surface area is 175 Å². The van der Waals surface area contributed by atoms with Crippen molar-refractivity contribution in [2.75, 3.05) is 19.8 Å². The zero-order chi connectivity index (χ0) is 21.0. The molecule has 1 unspecified atom stereocenters. The van der Waals surface area contributed by atoms with Crippen LogP contribution in [-0.4, -0.2) is 42.9 Å². The first-order valence-corrected chi connectivity index (χ1v) is 15.9. The van der Waals surface area contributed by atoms with Gasteiger partial charge in [0, 0.05) is 25.9 Å². The first-order valence-electron chi connectivity index (χ1n) is 11.6. The number of rotatable bonds is 15. The van der Waals surface area contributed by atoms with E-state index in [2.05, 4.69) is 13.8 Å². The van der Waals surface area contributed by atoms with E-state index in [9.17, 15) is 4.79 Å². The second kappa shape index (κ2) is 13.2. The summed E-state index contributed by atoms with van der Waals surface area (Å²) >= 11 is 0. The number of carbonyl (C=O) groups is 1. The molecule has 0 aromatic rings. The summed E-state index contributed by atoms with van der Waals surface area (Å²) in [7, 11) is -4.93. The maximum Gasteiger partial charge on any atom is 0.501 e. The molecule has 166 valence electrons. The van der Waals surface area contributed by atoms with Gasteiger partial charge >= 0.3 is 8.80 Å². The Morgan fingerprint density at radius 2 is 1.36 bits per heavy atom. The lowest BCUT2D eigenvalue weighted by Crippen LogP contribution is -2.50. The minimum absolute atomic E-state index is 0.0588. The average molecular weight is 433 g/mol. The van der Waals surface area contributed by atoms with Gasteiger partial charge in [-0.05, 0) is 51.2 Å². The molecular weight excluding hydrogens is 388 g/mol. The van der Waals surface area contributed by atoms with E-state index >= 15 is 0 Å². The molecule has 1 saturated carbocycles. The molecule has 0 saturated heterocycles. The quantitative estimate of drug-likeness (QED) is 0.300. The third-order valence-corrected chi connectivity index (χ3v) is 14.5. The lowest BCUT2D eigenvalue weighted by atomic mass is 10.2. The fourth-order valence-corrected chi connectivity index (χ4v) is 12.8. The van der Waals surface area contributed by atoms with E-state index in [1.165, 1.54) is 25.7 Å². The molecule has 5 nitrogen and oxygen atoms in total. The second-order valence-corrected chi connectivity index (χ2v) is 14.8. The minimum Gasteiger partial charge on any atom is -0.519 e. The van der Waals surface area contributed by atoms with Crippen LogP contribution in [0.4, 0.5) is 0 Å². The van der Waals surface area contributed by atoms with Crippen molar-refractivity contribution in [3.8, 4) is 0 Å². The Bertz CT molecular complexity index is 417. The molecule has 0 radical (unpaired) electrons. The van der Waals surface area contributed by atoms with Crippen molar-refractivity contribution in [1.29, 1.82) is 0 Å². The molecule has 0 bridgehead atoms. The topological polar surface area (TPSA) is 54.0 Å². The molecule has 1 fully saturated rings. The summed E-state index contributed by atoms with van der Waals surface area (Å²) in [4.78, 5) is 13.2. The smallest absolute Gasteiger partial charge is 0.501 e. The largest absolute Gasteiger partial charge is 0.519 e. The third kappa shape index (κ3) is 7.24. The Morgan fingerprint density at radius 1 is 0.893 bits per heavy atom. The molecule has 0 N–H and O–H groups in total. The number of hydrogen-bond donors (Lipinski definition) is 0. The molecule has 0 heterocycles. The van der Waals surface area contributed by atoms with Crippen LogP contribution in [0.5, 0.6) is 0 Å². The molecule has 0 amide bonds. The molecule has 0 spiro atoms. The van der Waals surface area contributed by atoms with Crippen LogP contribution in [0.15, 0.2) is 0 Å². The van der Waals surface area contributed by atoms with Crippen LogP contribution in [0.1, 0.15) is 80.1 Å². The summed E-state index contributed by atoms with van der Waals surface area (Å²) in [6, 6.07) is 2.68. The molecule has 0 aromatic heterocycles. The molecule has 1 atom stereocenters. The van der Waals surface area contributed by atoms with E-state index in [4.69, 9.17) is 17.7 Å². The standard InChI is InChI=1S/C21H44O5Si2/c1-7-16-27(17-8-2,20-14-12-13-15-20)26-21(22)19(6)18-28(23-9-3,24-10-4)25-11-5/h19-20H,7-18H2,1-6H3. The van der Waals surface area contributed by atoms with Gasteiger partial charge < -0.3 is 17.7 Å². The second-order valence-electron chi connectivity index (χ2n) is 8.05. The first-order chi connectivity index (χ1) is 13.4. The van der Waals surface area contributed by atoms with Crippen molar-refractivity contribution in [2.45, 2.75) is 104 Å². The maximum absolute atomic E-state index is 13.2. The molecule has 1 rings (SSSR count). The third-order valence-electron chi connectivity index (χ3n) is 5.80. The van der Waals surface area contributed by atoms with Crippen LogP contribution in [0.25, 0.3) is 0 Å². The highest BCUT2D eigenvalue weighted by Crippen LogP contribution is 2.45. The summed E-state index contributed by atoms with van der Waals surface area (Å²) in [5.74, 6) is -0.324. The lowest BCUT2D eigenvalue weighted by Gasteiger charge is -2.37. The van der Waals surface area contributed by atoms with Crippen LogP contribution < -0.4 is 0 Å². The van der Waals surface area contributed by atoms with Gasteiger partial charge in [0.25, 0.3) is 14.3 Å². The molecule has 0 aromatic carbocycles. The Hall–Kier alpha value is -0.216. The van der Waals surface area contributed by atoms with Crippen LogP contribution in [0.2, 0.25) is 23.7 Å². The van der Waals surface area contributed by atoms with Crippen molar-refractivity contribution >= 4 is 23.1 Å². The maximum atomic E-state index is 13.2. The Balaban J connectivity index is 2.94. The van der Waals surface area contributed by atoms with Crippen LogP contribution in [0.3, 0.4) is 0 Å². The van der Waals surface area contributed by atoms with E-state index in [0.29, 0.717) is 31.4 Å². The Morgan fingerprint density at radius 3 is 1.75 bits per heavy atom. The summed E-state index contributed by atoms with van der Waals surface area (Å²) in [6.45, 7) is 13.8. The zero-order valence-electron chi connectivity index (χ0n) is 19.2. The van der Waals surface area contributed by atoms with Gasteiger partial charge in [-0.2, -0.15) is 0 Å². The summed E-state index contributed by atoms with van der Waals surface area (Å²) in [6.07, 6.45) is 7.25. The predicted octanol–water partition coefficient (Wildman–Crippen LogP) is 5.92. The highest BCUT2D eigenvalue weighted by Gasteiger charge is 2.48. The van der Waals surface area contributed by atoms with Crippen molar-refractivity contribution in [3.63, 3.8) is 0 Å². The van der Waals surface area contributed by atoms with E-state index in [0.717, 1.165) is 24.9 Å². The number of carbonyl (C=O) groups excluding carboxylic acids is 1. The number of hydrogen-bond acceptors (Lipinski definition) is 5. The van der Waals surface area contributed by atoms with Crippen LogP contribution in [0, 0.1) is 5.92 Å². The van der Waals surface area contributed by atoms with E-state index in [1.54, 1.807) is 0 Å². The SMILES string of the molecule is CCC[Si](CCC)(OC(=O)C(C)C[Si](OCC)(OCC)OCC)C1CCCC1. The molecule has 0 aliphatic heterocycles. The van der Waals surface area contributed by atoms with Gasteiger partial charge in [0.1, 0.15) is 0 Å². The van der Waals surface area contributed by atoms with Crippen molar-refractivity contribution in [2.24, 2.45) is 5.92 Å². The summed E-state index contributed by atoms with van der Waals surface area (Å²) in [5.41, 5.74) is 0.635. The highest BCUT2D eigenvalue weighted by atomic mass is 28.4. The van der Waals surface area contributed by atoms with Gasteiger partial charge in [-0.3, -0.25) is 4.79 Å². The van der Waals surface area contributed by atoms with Gasteiger partial charge in [-0.25, -0.2) is 0 Å². The van der Waals surface area contributed by atoms with Gasteiger partial charge in [-0.15, -0.1) is 0 Å². The average Bonchev–Trinajstić information content (AvgIpc) is 3.18. The summed E-state index contributed by atoms with van der Waals surface area (Å²) < 4.78 is 24.4. The van der Waals surface area contributed by atoms with Crippen molar-refractivity contribution < 1.29 is 22.5 Å². The molecule has 1 aliphatic carbocycles. The summed E-state index contributed by atoms with van der Waals surface area (Å²) in [5, 5.41) is 0. The predicted molar refractivity (Wildman–Crippen MR) is 119 cm³/mol. The molecular formula is C21H44O5Si2. The fraction of sp³-hybridized carbons (Fsp3) is 0.952. The van der Waals surface area contributed by atoms with Crippen molar-refractivity contribution in [1.82, 2.24) is 0 Å². The lowest BCUT2D eigenvalue weighted by molar-refractivity contribution is -0.139. The fourth-order valence-electron chi connectivity index (χ4n) is 4.74. The Kier molecular flexibility index (Phi) is 12.1. The minimum atomic E-state index is -2.85. The molecule has 28 heavy (non-hydrogen) atoms. The van der Waals surface area contributed by atoms with Crippen molar-refractivity contribution in [3.05, 3.63) is 0 Å². The van der Waals surface area contributed by atoms with Gasteiger partial charge in [0.15, 0.2) is 0 Å². The normalized spacial score (nSPS) is 17.1. The molecule has 1 aliphatic rings. The highest BCUT2D eigenvalue weighted by molar-refractivity contribution is 6.76. The van der Waals surface area contributed by atoms with Crippen LogP contribution >= 0.6 is 0 Å². The van der Waals surface area contributed by atoms with Crippen LogP contribution in [-0.2, 0) is 22.5 Å². The van der Waals surface area contributed by atoms with E-state index < -0.39 is 17.1 Å². The monoisotopic (exact) mass is 432 g/mol. The first kappa shape index (κ1) is 25.8. The van der Waals surface area contributed by atoms with Gasteiger partial charge in [0.05, 0.1) is 5.92 Å². The van der Waals surface area contributed by atoms with Gasteiger partial charge in [0.2, 0.25) is 0 Å². The van der Waals surface area contributed by atoms with E-state index in [1.807, 2.05) is 27.7 Å². The van der Waals surface area contributed by atoms with E-state index in [-0.39, 0.29) is 11.9 Å². The zero-order valence-corrected chi connectivity index (χ0v) is 21.2.